The second kappa shape index (κ2) is 2.16. The maximum absolute atomic E-state index is 11.9. The zero-order valence-electron chi connectivity index (χ0n) is 5.14. The number of rotatable bonds is 0. The van der Waals surface area contributed by atoms with Crippen LogP contribution >= 0.6 is 0 Å². The van der Waals surface area contributed by atoms with Gasteiger partial charge in [0.25, 0.3) is 0 Å². The van der Waals surface area contributed by atoms with Crippen molar-refractivity contribution in [1.82, 2.24) is 0 Å². The summed E-state index contributed by atoms with van der Waals surface area (Å²) in [4.78, 5) is 19.9. The van der Waals surface area contributed by atoms with Crippen LogP contribution < -0.4 is 0 Å². The van der Waals surface area contributed by atoms with Gasteiger partial charge >= 0.3 is 24.2 Å². The highest BCUT2D eigenvalue weighted by Crippen LogP contribution is 2.33. The zero-order valence-corrected chi connectivity index (χ0v) is 5.14. The van der Waals surface area contributed by atoms with Gasteiger partial charge in [0, 0.05) is 0 Å². The molecule has 4 nitrogen and oxygen atoms in total. The second-order valence-electron chi connectivity index (χ2n) is 1.81. The van der Waals surface area contributed by atoms with Crippen LogP contribution in [0.5, 0.6) is 0 Å². The molecule has 1 fully saturated rings. The highest BCUT2D eigenvalue weighted by Gasteiger charge is 2.62. The Labute approximate surface area is 62.0 Å². The zero-order chi connectivity index (χ0) is 9.57. The highest BCUT2D eigenvalue weighted by atomic mass is 19.3. The van der Waals surface area contributed by atoms with Crippen molar-refractivity contribution < 1.29 is 36.6 Å². The Balaban J connectivity index is 2.93. The van der Waals surface area contributed by atoms with Gasteiger partial charge in [0.15, 0.2) is 0 Å². The van der Waals surface area contributed by atoms with Gasteiger partial charge in [0.1, 0.15) is 0 Å². The molecule has 0 N–H and O–H groups in total. The number of cyclic esters (lactones) is 2. The molecule has 0 amide bonds. The molecule has 0 saturated carbocycles. The summed E-state index contributed by atoms with van der Waals surface area (Å²) in [5.41, 5.74) is 0. The Morgan fingerprint density at radius 1 is 0.917 bits per heavy atom. The Hall–Kier alpha value is -1.18. The van der Waals surface area contributed by atoms with E-state index in [2.05, 4.69) is 9.47 Å². The van der Waals surface area contributed by atoms with Crippen LogP contribution in [0.3, 0.4) is 0 Å². The minimum Gasteiger partial charge on any atom is -0.380 e. The van der Waals surface area contributed by atoms with Gasteiger partial charge in [-0.1, -0.05) is 0 Å². The molecule has 0 atom stereocenters. The summed E-state index contributed by atoms with van der Waals surface area (Å²) >= 11 is 0. The Morgan fingerprint density at radius 2 is 1.25 bits per heavy atom. The third kappa shape index (κ3) is 1.24. The van der Waals surface area contributed by atoms with E-state index < -0.39 is 24.2 Å². The van der Waals surface area contributed by atoms with Crippen LogP contribution in [0.2, 0.25) is 0 Å². The van der Waals surface area contributed by atoms with Crippen molar-refractivity contribution in [1.29, 1.82) is 0 Å². The van der Waals surface area contributed by atoms with E-state index in [9.17, 15) is 27.2 Å². The Kier molecular flexibility index (Phi) is 1.60. The first-order valence-corrected chi connectivity index (χ1v) is 2.48. The lowest BCUT2D eigenvalue weighted by Crippen LogP contribution is -2.52. The van der Waals surface area contributed by atoms with E-state index in [4.69, 9.17) is 0 Å². The monoisotopic (exact) mass is 188 g/mol. The summed E-state index contributed by atoms with van der Waals surface area (Å²) in [5.74, 6) is -4.89. The van der Waals surface area contributed by atoms with Crippen LogP contribution in [0, 0.1) is 0 Å². The molecule has 0 unspecified atom stereocenters. The number of carbonyl (C=O) groups is 2. The number of esters is 2. The van der Waals surface area contributed by atoms with E-state index in [0.29, 0.717) is 0 Å². The predicted octanol–water partition coefficient (Wildman–Crippen LogP) is 0.272. The summed E-state index contributed by atoms with van der Waals surface area (Å²) in [6.07, 6.45) is -9.56. The first kappa shape index (κ1) is 8.91. The molecule has 1 saturated heterocycles. The molecule has 0 aromatic carbocycles. The van der Waals surface area contributed by atoms with Gasteiger partial charge in [-0.05, 0) is 0 Å². The summed E-state index contributed by atoms with van der Waals surface area (Å²) in [5, 5.41) is 0. The lowest BCUT2D eigenvalue weighted by molar-refractivity contribution is -0.370. The van der Waals surface area contributed by atoms with E-state index >= 15 is 0 Å². The molecule has 0 radical (unpaired) electrons. The first-order chi connectivity index (χ1) is 5.26. The van der Waals surface area contributed by atoms with Crippen LogP contribution in [-0.2, 0) is 19.1 Å². The highest BCUT2D eigenvalue weighted by molar-refractivity contribution is 5.93. The van der Waals surface area contributed by atoms with Crippen molar-refractivity contribution in [3.05, 3.63) is 0 Å². The molecule has 1 heterocycles. The number of halogens is 4. The Bertz CT molecular complexity index is 223. The summed E-state index contributed by atoms with van der Waals surface area (Å²) in [6, 6.07) is 0. The average Bonchev–Trinajstić information content (AvgIpc) is 1.82. The summed E-state index contributed by atoms with van der Waals surface area (Å²) in [7, 11) is 0. The van der Waals surface area contributed by atoms with E-state index in [-0.39, 0.29) is 0 Å². The molecular weight excluding hydrogens is 188 g/mol. The van der Waals surface area contributed by atoms with Crippen molar-refractivity contribution in [3.8, 4) is 0 Å². The van der Waals surface area contributed by atoms with Gasteiger partial charge in [-0.25, -0.2) is 14.3 Å². The van der Waals surface area contributed by atoms with Gasteiger partial charge < -0.3 is 4.74 Å². The van der Waals surface area contributed by atoms with Crippen molar-refractivity contribution in [2.75, 3.05) is 0 Å². The quantitative estimate of drug-likeness (QED) is 0.311. The molecule has 0 aromatic rings. The van der Waals surface area contributed by atoms with Gasteiger partial charge in [-0.3, -0.25) is 0 Å². The van der Waals surface area contributed by atoms with Gasteiger partial charge in [0.2, 0.25) is 0 Å². The van der Waals surface area contributed by atoms with E-state index in [1.165, 1.54) is 0 Å². The molecule has 1 aliphatic heterocycles. The second-order valence-corrected chi connectivity index (χ2v) is 1.81. The first-order valence-electron chi connectivity index (χ1n) is 2.48. The van der Waals surface area contributed by atoms with Crippen LogP contribution in [0.25, 0.3) is 0 Å². The average molecular weight is 188 g/mol. The summed E-state index contributed by atoms with van der Waals surface area (Å²) < 4.78 is 53.4. The van der Waals surface area contributed by atoms with E-state index in [1.54, 1.807) is 0 Å². The number of hydrogen-bond acceptors (Lipinski definition) is 4. The minimum atomic E-state index is -4.78. The fourth-order valence-electron chi connectivity index (χ4n) is 0.447. The normalized spacial score (nSPS) is 26.7. The standard InChI is InChI=1S/C4F4O4/c5-3(6)1(9)11-2(10)4(7,8)12-3. The molecule has 8 heteroatoms. The minimum absolute atomic E-state index is 2.45. The maximum atomic E-state index is 11.9. The van der Waals surface area contributed by atoms with Gasteiger partial charge in [0.05, 0.1) is 0 Å². The molecule has 68 valence electrons. The van der Waals surface area contributed by atoms with Crippen LogP contribution in [0.15, 0.2) is 0 Å². The smallest absolute Gasteiger partial charge is 0.380 e. The van der Waals surface area contributed by atoms with Crippen molar-refractivity contribution >= 4 is 11.9 Å². The van der Waals surface area contributed by atoms with Crippen molar-refractivity contribution in [3.63, 3.8) is 0 Å². The molecule has 0 aromatic heterocycles. The van der Waals surface area contributed by atoms with Crippen molar-refractivity contribution in [2.24, 2.45) is 0 Å². The Morgan fingerprint density at radius 3 is 1.50 bits per heavy atom. The fraction of sp³-hybridized carbons (Fsp3) is 0.500. The molecule has 0 bridgehead atoms. The van der Waals surface area contributed by atoms with E-state index in [1.807, 2.05) is 0 Å². The third-order valence-electron chi connectivity index (χ3n) is 0.917. The molecule has 12 heavy (non-hydrogen) atoms. The number of carbonyl (C=O) groups excluding carboxylic acids is 2. The maximum Gasteiger partial charge on any atom is 0.461 e. The van der Waals surface area contributed by atoms with Crippen molar-refractivity contribution in [2.45, 2.75) is 12.2 Å². The third-order valence-corrected chi connectivity index (χ3v) is 0.917. The van der Waals surface area contributed by atoms with E-state index in [0.717, 1.165) is 0 Å². The lowest BCUT2D eigenvalue weighted by atomic mass is 10.5. The summed E-state index contributed by atoms with van der Waals surface area (Å²) in [6.45, 7) is 0. The van der Waals surface area contributed by atoms with Crippen LogP contribution in [0.1, 0.15) is 0 Å². The lowest BCUT2D eigenvalue weighted by Gasteiger charge is -2.24. The van der Waals surface area contributed by atoms with Crippen LogP contribution in [0.4, 0.5) is 17.6 Å². The fourth-order valence-corrected chi connectivity index (χ4v) is 0.447. The van der Waals surface area contributed by atoms with Gasteiger partial charge in [-0.2, -0.15) is 17.6 Å². The molecule has 0 spiro atoms. The number of hydrogen-bond donors (Lipinski definition) is 0. The molecule has 1 aliphatic rings. The molecule has 1 rings (SSSR count). The van der Waals surface area contributed by atoms with Gasteiger partial charge in [-0.15, -0.1) is 0 Å². The SMILES string of the molecule is O=C1OC(=O)C(F)(F)OC1(F)F. The topological polar surface area (TPSA) is 52.6 Å². The molecule has 0 aliphatic carbocycles. The largest absolute Gasteiger partial charge is 0.461 e. The van der Waals surface area contributed by atoms with Crippen LogP contribution in [-0.4, -0.2) is 24.2 Å². The number of alkyl halides is 4. The predicted molar refractivity (Wildman–Crippen MR) is 22.1 cm³/mol. The molecular formula is C4F4O4. The number of ether oxygens (including phenoxy) is 2.